The number of carbonyl (C=O) groups excluding carboxylic acids is 1. The van der Waals surface area contributed by atoms with E-state index in [9.17, 15) is 4.79 Å². The van der Waals surface area contributed by atoms with Gasteiger partial charge in [-0.15, -0.1) is 28.7 Å². The molecule has 0 spiro atoms. The van der Waals surface area contributed by atoms with Gasteiger partial charge >= 0.3 is 0 Å². The Morgan fingerprint density at radius 3 is 2.15 bits per heavy atom. The summed E-state index contributed by atoms with van der Waals surface area (Å²) in [6.45, 7) is 3.77. The lowest BCUT2D eigenvalue weighted by atomic mass is 10.1. The summed E-state index contributed by atoms with van der Waals surface area (Å²) in [5.41, 5.74) is 1.94. The van der Waals surface area contributed by atoms with E-state index < -0.39 is 0 Å². The first-order valence-electron chi connectivity index (χ1n) is 14.5. The number of nitrogens with one attached hydrogen (secondary N) is 1. The number of ether oxygens (including phenoxy) is 2. The van der Waals surface area contributed by atoms with Gasteiger partial charge in [0.2, 0.25) is 0 Å². The van der Waals surface area contributed by atoms with E-state index >= 15 is 0 Å². The molecule has 1 aliphatic heterocycles. The summed E-state index contributed by atoms with van der Waals surface area (Å²) in [7, 11) is 0. The zero-order chi connectivity index (χ0) is 26.7. The third-order valence-corrected chi connectivity index (χ3v) is 7.44. The summed E-state index contributed by atoms with van der Waals surface area (Å²) in [5, 5.41) is 5.03. The molecular weight excluding hydrogens is 572 g/mol. The van der Waals surface area contributed by atoms with Gasteiger partial charge in [0.15, 0.2) is 6.61 Å². The number of hydrogen-bond acceptors (Lipinski definition) is 5. The molecule has 0 radical (unpaired) electrons. The van der Waals surface area contributed by atoms with Crippen LogP contribution in [0.4, 0.5) is 5.69 Å². The molecule has 0 atom stereocenters. The van der Waals surface area contributed by atoms with Crippen molar-refractivity contribution in [2.75, 3.05) is 24.4 Å². The topological polar surface area (TPSA) is 50.8 Å². The van der Waals surface area contributed by atoms with Gasteiger partial charge in [0.25, 0.3) is 5.91 Å². The molecule has 0 saturated carbocycles. The highest BCUT2D eigenvalue weighted by atomic mass is 79.9. The Hall–Kier alpha value is -2.12. The third kappa shape index (κ3) is 14.7. The molecule has 0 fully saturated rings. The lowest BCUT2D eigenvalue weighted by molar-refractivity contribution is -0.118. The van der Waals surface area contributed by atoms with Crippen LogP contribution in [0.3, 0.4) is 0 Å². The number of benzene rings is 2. The molecular formula is C32H47BrN2O3S. The predicted molar refractivity (Wildman–Crippen MR) is 171 cm³/mol. The molecule has 2 aromatic rings. The van der Waals surface area contributed by atoms with Crippen molar-refractivity contribution in [1.29, 1.82) is 0 Å². The van der Waals surface area contributed by atoms with E-state index in [1.165, 1.54) is 70.6 Å². The first-order chi connectivity index (χ1) is 18.7. The highest BCUT2D eigenvalue weighted by Crippen LogP contribution is 2.21. The van der Waals surface area contributed by atoms with Crippen molar-refractivity contribution in [3.05, 3.63) is 65.7 Å². The summed E-state index contributed by atoms with van der Waals surface area (Å²) >= 11 is 1.78. The first-order valence-corrected chi connectivity index (χ1v) is 15.5. The number of anilines is 1. The normalized spacial score (nSPS) is 12.3. The largest absolute Gasteiger partial charge is 0.493 e. The SMILES string of the molecule is Br.CCCCCCCCCCCCCCOc1cccc(OCC(=O)Nc2cccc(CN3C=CSC3)c2)c1. The number of rotatable bonds is 20. The van der Waals surface area contributed by atoms with Crippen LogP contribution >= 0.6 is 28.7 Å². The van der Waals surface area contributed by atoms with Crippen molar-refractivity contribution in [3.63, 3.8) is 0 Å². The first kappa shape index (κ1) is 33.1. The molecule has 5 nitrogen and oxygen atoms in total. The van der Waals surface area contributed by atoms with Crippen LogP contribution in [0.2, 0.25) is 0 Å². The second-order valence-electron chi connectivity index (χ2n) is 10.1. The van der Waals surface area contributed by atoms with Crippen LogP contribution in [0, 0.1) is 0 Å². The van der Waals surface area contributed by atoms with E-state index in [0.717, 1.165) is 35.8 Å². The Morgan fingerprint density at radius 2 is 1.49 bits per heavy atom. The molecule has 1 heterocycles. The average molecular weight is 620 g/mol. The molecule has 0 unspecified atom stereocenters. The highest BCUT2D eigenvalue weighted by molar-refractivity contribution is 8.93. The van der Waals surface area contributed by atoms with Crippen molar-refractivity contribution in [3.8, 4) is 11.5 Å². The van der Waals surface area contributed by atoms with Gasteiger partial charge < -0.3 is 19.7 Å². The van der Waals surface area contributed by atoms with Gasteiger partial charge in [0, 0.05) is 24.5 Å². The second-order valence-corrected chi connectivity index (χ2v) is 10.9. The monoisotopic (exact) mass is 618 g/mol. The van der Waals surface area contributed by atoms with Crippen molar-refractivity contribution >= 4 is 40.3 Å². The molecule has 7 heteroatoms. The lowest BCUT2D eigenvalue weighted by Gasteiger charge is -2.15. The molecule has 216 valence electrons. The molecule has 1 N–H and O–H groups in total. The van der Waals surface area contributed by atoms with Crippen LogP contribution < -0.4 is 14.8 Å². The second kappa shape index (κ2) is 20.7. The number of thioether (sulfide) groups is 1. The molecule has 1 amide bonds. The number of unbranched alkanes of at least 4 members (excludes halogenated alkanes) is 11. The average Bonchev–Trinajstić information content (AvgIpc) is 3.44. The predicted octanol–water partition coefficient (Wildman–Crippen LogP) is 9.34. The van der Waals surface area contributed by atoms with Crippen LogP contribution in [0.1, 0.15) is 89.5 Å². The number of halogens is 1. The van der Waals surface area contributed by atoms with Gasteiger partial charge in [-0.2, -0.15) is 0 Å². The van der Waals surface area contributed by atoms with E-state index in [1.807, 2.05) is 42.5 Å². The zero-order valence-corrected chi connectivity index (χ0v) is 26.1. The fourth-order valence-electron chi connectivity index (χ4n) is 4.52. The van der Waals surface area contributed by atoms with E-state index in [4.69, 9.17) is 9.47 Å². The number of carbonyl (C=O) groups is 1. The Labute approximate surface area is 250 Å². The molecule has 0 saturated heterocycles. The molecule has 0 bridgehead atoms. The molecule has 0 aromatic heterocycles. The zero-order valence-electron chi connectivity index (χ0n) is 23.6. The van der Waals surface area contributed by atoms with Gasteiger partial charge in [0.05, 0.1) is 12.5 Å². The number of hydrogen-bond donors (Lipinski definition) is 1. The van der Waals surface area contributed by atoms with E-state index in [2.05, 4.69) is 34.8 Å². The molecule has 3 rings (SSSR count). The Balaban J connectivity index is 0.00000533. The Bertz CT molecular complexity index is 972. The lowest BCUT2D eigenvalue weighted by Crippen LogP contribution is -2.20. The summed E-state index contributed by atoms with van der Waals surface area (Å²) < 4.78 is 11.6. The van der Waals surface area contributed by atoms with Gasteiger partial charge in [-0.25, -0.2) is 0 Å². The van der Waals surface area contributed by atoms with E-state index in [-0.39, 0.29) is 29.5 Å². The van der Waals surface area contributed by atoms with Crippen LogP contribution in [-0.4, -0.2) is 29.9 Å². The van der Waals surface area contributed by atoms with Gasteiger partial charge in [0.1, 0.15) is 11.5 Å². The standard InChI is InChI=1S/C32H46N2O3S.BrH/c1-2-3-4-5-6-7-8-9-10-11-12-13-21-36-30-18-15-19-31(24-30)37-26-32(35)33-29-17-14-16-28(23-29)25-34-20-22-38-27-34;/h14-20,22-24H,2-13,21,25-27H2,1H3,(H,33,35);1H. The van der Waals surface area contributed by atoms with Crippen LogP contribution in [0.15, 0.2) is 60.1 Å². The maximum Gasteiger partial charge on any atom is 0.262 e. The summed E-state index contributed by atoms with van der Waals surface area (Å²) in [4.78, 5) is 14.7. The maximum absolute atomic E-state index is 12.4. The Kier molecular flexibility index (Phi) is 17.6. The van der Waals surface area contributed by atoms with Crippen molar-refractivity contribution in [1.82, 2.24) is 4.90 Å². The van der Waals surface area contributed by atoms with E-state index in [1.54, 1.807) is 11.8 Å². The van der Waals surface area contributed by atoms with Crippen molar-refractivity contribution in [2.24, 2.45) is 0 Å². The summed E-state index contributed by atoms with van der Waals surface area (Å²) in [5.74, 6) is 2.21. The van der Waals surface area contributed by atoms with Crippen molar-refractivity contribution in [2.45, 2.75) is 90.5 Å². The molecule has 39 heavy (non-hydrogen) atoms. The van der Waals surface area contributed by atoms with Gasteiger partial charge in [-0.1, -0.05) is 95.8 Å². The fourth-order valence-corrected chi connectivity index (χ4v) is 5.24. The molecule has 2 aromatic carbocycles. The number of amides is 1. The minimum atomic E-state index is -0.179. The maximum atomic E-state index is 12.4. The van der Waals surface area contributed by atoms with Crippen molar-refractivity contribution < 1.29 is 14.3 Å². The van der Waals surface area contributed by atoms with Crippen LogP contribution in [0.25, 0.3) is 0 Å². The van der Waals surface area contributed by atoms with Gasteiger partial charge in [-0.3, -0.25) is 4.79 Å². The minimum absolute atomic E-state index is 0. The van der Waals surface area contributed by atoms with E-state index in [0.29, 0.717) is 12.4 Å². The fraction of sp³-hybridized carbons (Fsp3) is 0.531. The quantitative estimate of drug-likeness (QED) is 0.150. The Morgan fingerprint density at radius 1 is 0.846 bits per heavy atom. The van der Waals surface area contributed by atoms with Gasteiger partial charge in [-0.05, 0) is 41.7 Å². The smallest absolute Gasteiger partial charge is 0.262 e. The minimum Gasteiger partial charge on any atom is -0.493 e. The summed E-state index contributed by atoms with van der Waals surface area (Å²) in [6, 6.07) is 15.5. The number of nitrogens with zero attached hydrogens (tertiary/aromatic N) is 1. The summed E-state index contributed by atoms with van der Waals surface area (Å²) in [6.07, 6.45) is 18.1. The van der Waals surface area contributed by atoms with Crippen LogP contribution in [-0.2, 0) is 11.3 Å². The molecule has 1 aliphatic rings. The third-order valence-electron chi connectivity index (χ3n) is 6.65. The molecule has 0 aliphatic carbocycles. The highest BCUT2D eigenvalue weighted by Gasteiger charge is 2.08. The van der Waals surface area contributed by atoms with Crippen LogP contribution in [0.5, 0.6) is 11.5 Å².